The maximum Gasteiger partial charge on any atom is 0.267 e. The zero-order valence-corrected chi connectivity index (χ0v) is 11.7. The molecule has 0 amide bonds. The van der Waals surface area contributed by atoms with Crippen LogP contribution in [0.2, 0.25) is 0 Å². The SMILES string of the molecule is NCCC1CN(S(=O)(=O)c2cn[nH]c2)c2ccccc21. The summed E-state index contributed by atoms with van der Waals surface area (Å²) in [7, 11) is -3.56. The minimum atomic E-state index is -3.56. The number of fused-ring (bicyclic) bond motifs is 1. The van der Waals surface area contributed by atoms with Gasteiger partial charge in [0.05, 0.1) is 11.9 Å². The zero-order chi connectivity index (χ0) is 14.2. The Morgan fingerprint density at radius 2 is 2.20 bits per heavy atom. The van der Waals surface area contributed by atoms with Gasteiger partial charge in [0.25, 0.3) is 10.0 Å². The molecule has 7 heteroatoms. The van der Waals surface area contributed by atoms with Gasteiger partial charge in [-0.3, -0.25) is 9.40 Å². The zero-order valence-electron chi connectivity index (χ0n) is 10.9. The van der Waals surface area contributed by atoms with Crippen molar-refractivity contribution in [1.29, 1.82) is 0 Å². The van der Waals surface area contributed by atoms with Crippen LogP contribution >= 0.6 is 0 Å². The van der Waals surface area contributed by atoms with Crippen LogP contribution in [0, 0.1) is 0 Å². The molecule has 1 aliphatic heterocycles. The monoisotopic (exact) mass is 292 g/mol. The van der Waals surface area contributed by atoms with E-state index in [1.54, 1.807) is 0 Å². The van der Waals surface area contributed by atoms with E-state index in [-0.39, 0.29) is 10.8 Å². The molecule has 3 N–H and O–H groups in total. The number of nitrogens with one attached hydrogen (secondary N) is 1. The lowest BCUT2D eigenvalue weighted by molar-refractivity contribution is 0.586. The molecule has 0 fully saturated rings. The van der Waals surface area contributed by atoms with Crippen molar-refractivity contribution in [3.8, 4) is 0 Å². The van der Waals surface area contributed by atoms with Crippen molar-refractivity contribution in [1.82, 2.24) is 10.2 Å². The molecule has 1 aliphatic rings. The number of rotatable bonds is 4. The summed E-state index contributed by atoms with van der Waals surface area (Å²) >= 11 is 0. The van der Waals surface area contributed by atoms with E-state index in [0.717, 1.165) is 17.7 Å². The first-order chi connectivity index (χ1) is 9.64. The van der Waals surface area contributed by atoms with Crippen molar-refractivity contribution in [2.45, 2.75) is 17.2 Å². The Hall–Kier alpha value is -1.86. The van der Waals surface area contributed by atoms with Gasteiger partial charge in [-0.15, -0.1) is 0 Å². The van der Waals surface area contributed by atoms with Crippen LogP contribution in [0.3, 0.4) is 0 Å². The molecule has 0 spiro atoms. The quantitative estimate of drug-likeness (QED) is 0.881. The fourth-order valence-corrected chi connectivity index (χ4v) is 4.08. The number of H-pyrrole nitrogens is 1. The minimum absolute atomic E-state index is 0.151. The Labute approximate surface area is 117 Å². The van der Waals surface area contributed by atoms with Gasteiger partial charge in [0.2, 0.25) is 0 Å². The lowest BCUT2D eigenvalue weighted by atomic mass is 9.98. The molecule has 1 unspecified atom stereocenters. The second kappa shape index (κ2) is 4.92. The molecule has 1 atom stereocenters. The summed E-state index contributed by atoms with van der Waals surface area (Å²) in [5.41, 5.74) is 7.42. The van der Waals surface area contributed by atoms with Crippen LogP contribution in [0.25, 0.3) is 0 Å². The Kier molecular flexibility index (Phi) is 3.23. The summed E-state index contributed by atoms with van der Waals surface area (Å²) in [4.78, 5) is 0.181. The van der Waals surface area contributed by atoms with Gasteiger partial charge in [0, 0.05) is 18.7 Å². The lowest BCUT2D eigenvalue weighted by Crippen LogP contribution is -2.30. The first-order valence-corrected chi connectivity index (χ1v) is 7.89. The van der Waals surface area contributed by atoms with Crippen molar-refractivity contribution in [3.63, 3.8) is 0 Å². The number of benzene rings is 1. The highest BCUT2D eigenvalue weighted by Gasteiger charge is 2.36. The number of nitrogens with two attached hydrogens (primary N) is 1. The Morgan fingerprint density at radius 1 is 1.40 bits per heavy atom. The van der Waals surface area contributed by atoms with Crippen molar-refractivity contribution >= 4 is 15.7 Å². The van der Waals surface area contributed by atoms with Gasteiger partial charge >= 0.3 is 0 Å². The third-order valence-corrected chi connectivity index (χ3v) is 5.35. The van der Waals surface area contributed by atoms with Crippen LogP contribution in [-0.4, -0.2) is 31.7 Å². The first kappa shape index (κ1) is 13.1. The number of aromatic nitrogens is 2. The van der Waals surface area contributed by atoms with Crippen LogP contribution < -0.4 is 10.0 Å². The molecule has 1 aromatic carbocycles. The predicted octanol–water partition coefficient (Wildman–Crippen LogP) is 1.05. The van der Waals surface area contributed by atoms with Gasteiger partial charge in [0.15, 0.2) is 0 Å². The van der Waals surface area contributed by atoms with Crippen molar-refractivity contribution < 1.29 is 8.42 Å². The summed E-state index contributed by atoms with van der Waals surface area (Å²) in [5, 5.41) is 6.26. The number of hydrogen-bond acceptors (Lipinski definition) is 4. The Balaban J connectivity index is 2.05. The molecule has 106 valence electrons. The van der Waals surface area contributed by atoms with Crippen LogP contribution in [0.15, 0.2) is 41.6 Å². The standard InChI is InChI=1S/C13H16N4O2S/c14-6-5-10-9-17(13-4-2-1-3-12(10)13)20(18,19)11-7-15-16-8-11/h1-4,7-8,10H,5-6,9,14H2,(H,15,16). The maximum absolute atomic E-state index is 12.6. The van der Waals surface area contributed by atoms with Crippen molar-refractivity contribution in [2.75, 3.05) is 17.4 Å². The summed E-state index contributed by atoms with van der Waals surface area (Å²) in [6.07, 6.45) is 3.50. The van der Waals surface area contributed by atoms with Gasteiger partial charge in [-0.05, 0) is 24.6 Å². The lowest BCUT2D eigenvalue weighted by Gasteiger charge is -2.18. The number of anilines is 1. The van der Waals surface area contributed by atoms with E-state index in [4.69, 9.17) is 5.73 Å². The average Bonchev–Trinajstić information content (AvgIpc) is 3.08. The number of sulfonamides is 1. The predicted molar refractivity (Wildman–Crippen MR) is 76.0 cm³/mol. The van der Waals surface area contributed by atoms with E-state index in [0.29, 0.717) is 13.1 Å². The number of aromatic amines is 1. The maximum atomic E-state index is 12.6. The van der Waals surface area contributed by atoms with E-state index in [2.05, 4.69) is 10.2 Å². The third-order valence-electron chi connectivity index (χ3n) is 3.61. The molecule has 1 aromatic heterocycles. The van der Waals surface area contributed by atoms with Crippen LogP contribution in [0.5, 0.6) is 0 Å². The van der Waals surface area contributed by atoms with Crippen LogP contribution in [-0.2, 0) is 10.0 Å². The van der Waals surface area contributed by atoms with E-state index in [9.17, 15) is 8.42 Å². The molecule has 3 rings (SSSR count). The third kappa shape index (κ3) is 1.99. The second-order valence-electron chi connectivity index (χ2n) is 4.80. The molecule has 6 nitrogen and oxygen atoms in total. The smallest absolute Gasteiger partial charge is 0.267 e. The Morgan fingerprint density at radius 3 is 2.90 bits per heavy atom. The molecule has 0 radical (unpaired) electrons. The topological polar surface area (TPSA) is 92.1 Å². The number of hydrogen-bond donors (Lipinski definition) is 2. The fourth-order valence-electron chi connectivity index (χ4n) is 2.64. The highest BCUT2D eigenvalue weighted by atomic mass is 32.2. The molecule has 0 saturated heterocycles. The Bertz CT molecular complexity index is 697. The molecule has 0 aliphatic carbocycles. The van der Waals surface area contributed by atoms with Crippen molar-refractivity contribution in [2.24, 2.45) is 5.73 Å². The van der Waals surface area contributed by atoms with E-state index in [1.165, 1.54) is 16.7 Å². The van der Waals surface area contributed by atoms with Gasteiger partial charge in [-0.2, -0.15) is 5.10 Å². The molecule has 2 aromatic rings. The fraction of sp³-hybridized carbons (Fsp3) is 0.308. The first-order valence-electron chi connectivity index (χ1n) is 6.45. The molecular weight excluding hydrogens is 276 g/mol. The van der Waals surface area contributed by atoms with Gasteiger partial charge in [0.1, 0.15) is 4.90 Å². The van der Waals surface area contributed by atoms with E-state index in [1.807, 2.05) is 24.3 Å². The van der Waals surface area contributed by atoms with Crippen molar-refractivity contribution in [3.05, 3.63) is 42.2 Å². The average molecular weight is 292 g/mol. The van der Waals surface area contributed by atoms with Gasteiger partial charge in [-0.25, -0.2) is 8.42 Å². The van der Waals surface area contributed by atoms with Crippen LogP contribution in [0.1, 0.15) is 17.9 Å². The molecule has 2 heterocycles. The number of para-hydroxylation sites is 1. The highest BCUT2D eigenvalue weighted by Crippen LogP contribution is 2.40. The summed E-state index contributed by atoms with van der Waals surface area (Å²) in [6, 6.07) is 7.59. The largest absolute Gasteiger partial charge is 0.330 e. The van der Waals surface area contributed by atoms with Gasteiger partial charge in [-0.1, -0.05) is 18.2 Å². The molecule has 20 heavy (non-hydrogen) atoms. The number of nitrogens with zero attached hydrogens (tertiary/aromatic N) is 2. The summed E-state index contributed by atoms with van der Waals surface area (Å²) in [6.45, 7) is 0.975. The molecule has 0 bridgehead atoms. The minimum Gasteiger partial charge on any atom is -0.330 e. The normalized spacial score (nSPS) is 18.2. The summed E-state index contributed by atoms with van der Waals surface area (Å²) in [5.74, 6) is 0.151. The van der Waals surface area contributed by atoms with Crippen LogP contribution in [0.4, 0.5) is 5.69 Å². The summed E-state index contributed by atoms with van der Waals surface area (Å²) < 4.78 is 26.7. The van der Waals surface area contributed by atoms with E-state index < -0.39 is 10.0 Å². The highest BCUT2D eigenvalue weighted by molar-refractivity contribution is 7.92. The molecule has 0 saturated carbocycles. The molecular formula is C13H16N4O2S. The van der Waals surface area contributed by atoms with E-state index >= 15 is 0 Å². The second-order valence-corrected chi connectivity index (χ2v) is 6.67. The van der Waals surface area contributed by atoms with Gasteiger partial charge < -0.3 is 5.73 Å².